The highest BCUT2D eigenvalue weighted by Gasteiger charge is 2.10. The SMILES string of the molecule is CCCNc1ncc(C(=O)Nc2ccc(OC)c(OC)c2)cn1. The van der Waals surface area contributed by atoms with Crippen LogP contribution >= 0.6 is 0 Å². The number of hydrogen-bond acceptors (Lipinski definition) is 6. The fraction of sp³-hybridized carbons (Fsp3) is 0.312. The molecule has 1 aromatic heterocycles. The second-order valence-corrected chi connectivity index (χ2v) is 4.75. The first-order chi connectivity index (χ1) is 11.2. The number of methoxy groups -OCH3 is 2. The molecule has 0 saturated carbocycles. The Bertz CT molecular complexity index is 659. The van der Waals surface area contributed by atoms with Crippen LogP contribution in [0.25, 0.3) is 0 Å². The van der Waals surface area contributed by atoms with Crippen molar-refractivity contribution in [1.29, 1.82) is 0 Å². The molecule has 0 atom stereocenters. The van der Waals surface area contributed by atoms with E-state index in [1.54, 1.807) is 32.4 Å². The summed E-state index contributed by atoms with van der Waals surface area (Å²) in [6.45, 7) is 2.84. The van der Waals surface area contributed by atoms with Gasteiger partial charge in [-0.2, -0.15) is 0 Å². The minimum absolute atomic E-state index is 0.292. The molecule has 7 heteroatoms. The quantitative estimate of drug-likeness (QED) is 0.816. The lowest BCUT2D eigenvalue weighted by Crippen LogP contribution is -2.13. The van der Waals surface area contributed by atoms with E-state index in [1.165, 1.54) is 12.4 Å². The van der Waals surface area contributed by atoms with Gasteiger partial charge in [-0.1, -0.05) is 6.92 Å². The molecule has 0 saturated heterocycles. The molecule has 0 bridgehead atoms. The number of rotatable bonds is 7. The van der Waals surface area contributed by atoms with Gasteiger partial charge >= 0.3 is 0 Å². The molecule has 0 aliphatic rings. The van der Waals surface area contributed by atoms with E-state index in [0.717, 1.165) is 13.0 Å². The van der Waals surface area contributed by atoms with Crippen molar-refractivity contribution in [2.45, 2.75) is 13.3 Å². The summed E-state index contributed by atoms with van der Waals surface area (Å²) >= 11 is 0. The second-order valence-electron chi connectivity index (χ2n) is 4.75. The van der Waals surface area contributed by atoms with Gasteiger partial charge in [0.05, 0.1) is 19.8 Å². The Kier molecular flexibility index (Phi) is 5.74. The summed E-state index contributed by atoms with van der Waals surface area (Å²) in [5.74, 6) is 1.36. The molecule has 0 fully saturated rings. The van der Waals surface area contributed by atoms with Crippen molar-refractivity contribution >= 4 is 17.5 Å². The van der Waals surface area contributed by atoms with Crippen molar-refractivity contribution in [3.63, 3.8) is 0 Å². The van der Waals surface area contributed by atoms with Gasteiger partial charge in [0, 0.05) is 30.7 Å². The number of nitrogens with one attached hydrogen (secondary N) is 2. The van der Waals surface area contributed by atoms with E-state index < -0.39 is 0 Å². The van der Waals surface area contributed by atoms with Gasteiger partial charge in [0.2, 0.25) is 5.95 Å². The number of ether oxygens (including phenoxy) is 2. The molecule has 2 aromatic rings. The van der Waals surface area contributed by atoms with Crippen LogP contribution in [0, 0.1) is 0 Å². The van der Waals surface area contributed by atoms with Crippen LogP contribution in [0.15, 0.2) is 30.6 Å². The topological polar surface area (TPSA) is 85.4 Å². The van der Waals surface area contributed by atoms with Crippen molar-refractivity contribution in [3.8, 4) is 11.5 Å². The molecule has 23 heavy (non-hydrogen) atoms. The molecule has 0 spiro atoms. The van der Waals surface area contributed by atoms with E-state index in [9.17, 15) is 4.79 Å². The van der Waals surface area contributed by atoms with Gasteiger partial charge in [0.25, 0.3) is 5.91 Å². The highest BCUT2D eigenvalue weighted by Crippen LogP contribution is 2.29. The summed E-state index contributed by atoms with van der Waals surface area (Å²) in [6.07, 6.45) is 3.95. The van der Waals surface area contributed by atoms with Gasteiger partial charge in [0.15, 0.2) is 11.5 Å². The second kappa shape index (κ2) is 7.98. The third-order valence-corrected chi connectivity index (χ3v) is 3.09. The monoisotopic (exact) mass is 316 g/mol. The van der Waals surface area contributed by atoms with Crippen LogP contribution in [-0.4, -0.2) is 36.6 Å². The molecule has 1 heterocycles. The lowest BCUT2D eigenvalue weighted by atomic mass is 10.2. The Balaban J connectivity index is 2.06. The highest BCUT2D eigenvalue weighted by atomic mass is 16.5. The first-order valence-corrected chi connectivity index (χ1v) is 7.27. The minimum atomic E-state index is -0.292. The van der Waals surface area contributed by atoms with Crippen molar-refractivity contribution < 1.29 is 14.3 Å². The summed E-state index contributed by atoms with van der Waals surface area (Å²) in [7, 11) is 3.10. The summed E-state index contributed by atoms with van der Waals surface area (Å²) in [5.41, 5.74) is 0.975. The smallest absolute Gasteiger partial charge is 0.258 e. The molecule has 0 unspecified atom stereocenters. The van der Waals surface area contributed by atoms with Crippen LogP contribution in [0.4, 0.5) is 11.6 Å². The molecule has 0 aliphatic carbocycles. The molecule has 122 valence electrons. The molecule has 0 radical (unpaired) electrons. The Morgan fingerprint density at radius 2 is 1.83 bits per heavy atom. The number of benzene rings is 1. The summed E-state index contributed by atoms with van der Waals surface area (Å²) in [6, 6.07) is 5.15. The first-order valence-electron chi connectivity index (χ1n) is 7.27. The molecule has 1 aromatic carbocycles. The fourth-order valence-corrected chi connectivity index (χ4v) is 1.89. The number of anilines is 2. The zero-order valence-electron chi connectivity index (χ0n) is 13.4. The number of carbonyl (C=O) groups excluding carboxylic acids is 1. The largest absolute Gasteiger partial charge is 0.493 e. The van der Waals surface area contributed by atoms with Crippen LogP contribution in [0.2, 0.25) is 0 Å². The Morgan fingerprint density at radius 1 is 1.13 bits per heavy atom. The molecular weight excluding hydrogens is 296 g/mol. The van der Waals surface area contributed by atoms with Crippen molar-refractivity contribution in [2.75, 3.05) is 31.4 Å². The zero-order valence-corrected chi connectivity index (χ0v) is 13.4. The summed E-state index contributed by atoms with van der Waals surface area (Å²) in [5, 5.41) is 5.83. The number of nitrogens with zero attached hydrogens (tertiary/aromatic N) is 2. The molecule has 2 N–H and O–H groups in total. The fourth-order valence-electron chi connectivity index (χ4n) is 1.89. The van der Waals surface area contributed by atoms with E-state index in [-0.39, 0.29) is 5.91 Å². The van der Waals surface area contributed by atoms with Crippen molar-refractivity contribution in [2.24, 2.45) is 0 Å². The number of hydrogen-bond donors (Lipinski definition) is 2. The average molecular weight is 316 g/mol. The number of aromatic nitrogens is 2. The van der Waals surface area contributed by atoms with Crippen molar-refractivity contribution in [1.82, 2.24) is 9.97 Å². The normalized spacial score (nSPS) is 10.0. The molecule has 7 nitrogen and oxygen atoms in total. The Hall–Kier alpha value is -2.83. The lowest BCUT2D eigenvalue weighted by Gasteiger charge is -2.10. The Morgan fingerprint density at radius 3 is 2.43 bits per heavy atom. The summed E-state index contributed by atoms with van der Waals surface area (Å²) < 4.78 is 10.4. The van der Waals surface area contributed by atoms with Gasteiger partial charge in [-0.25, -0.2) is 9.97 Å². The lowest BCUT2D eigenvalue weighted by molar-refractivity contribution is 0.102. The van der Waals surface area contributed by atoms with E-state index >= 15 is 0 Å². The van der Waals surface area contributed by atoms with Gasteiger partial charge in [-0.3, -0.25) is 4.79 Å². The van der Waals surface area contributed by atoms with Gasteiger partial charge in [-0.05, 0) is 18.6 Å². The van der Waals surface area contributed by atoms with Crippen LogP contribution in [0.1, 0.15) is 23.7 Å². The zero-order chi connectivity index (χ0) is 16.7. The van der Waals surface area contributed by atoms with Gasteiger partial charge < -0.3 is 20.1 Å². The van der Waals surface area contributed by atoms with Crippen LogP contribution < -0.4 is 20.1 Å². The van der Waals surface area contributed by atoms with E-state index in [1.807, 2.05) is 0 Å². The maximum Gasteiger partial charge on any atom is 0.258 e. The predicted molar refractivity (Wildman–Crippen MR) is 88.3 cm³/mol. The first kappa shape index (κ1) is 16.5. The third kappa shape index (κ3) is 4.32. The van der Waals surface area contributed by atoms with Crippen molar-refractivity contribution in [3.05, 3.63) is 36.2 Å². The highest BCUT2D eigenvalue weighted by molar-refractivity contribution is 6.04. The van der Waals surface area contributed by atoms with E-state index in [2.05, 4.69) is 27.5 Å². The maximum atomic E-state index is 12.2. The van der Waals surface area contributed by atoms with E-state index in [4.69, 9.17) is 9.47 Å². The predicted octanol–water partition coefficient (Wildman–Crippen LogP) is 2.57. The number of amides is 1. The third-order valence-electron chi connectivity index (χ3n) is 3.09. The van der Waals surface area contributed by atoms with Gasteiger partial charge in [-0.15, -0.1) is 0 Å². The van der Waals surface area contributed by atoms with Gasteiger partial charge in [0.1, 0.15) is 0 Å². The number of carbonyl (C=O) groups is 1. The molecule has 1 amide bonds. The summed E-state index contributed by atoms with van der Waals surface area (Å²) in [4.78, 5) is 20.4. The molecule has 0 aliphatic heterocycles. The van der Waals surface area contributed by atoms with E-state index in [0.29, 0.717) is 28.7 Å². The molecular formula is C16H20N4O3. The standard InChI is InChI=1S/C16H20N4O3/c1-4-7-17-16-18-9-11(10-19-16)15(21)20-12-5-6-13(22-2)14(8-12)23-3/h5-6,8-10H,4,7H2,1-3H3,(H,20,21)(H,17,18,19). The average Bonchev–Trinajstić information content (AvgIpc) is 2.60. The van der Waals surface area contributed by atoms with Crippen LogP contribution in [0.5, 0.6) is 11.5 Å². The molecule has 2 rings (SSSR count). The van der Waals surface area contributed by atoms with Crippen LogP contribution in [-0.2, 0) is 0 Å². The maximum absolute atomic E-state index is 12.2. The minimum Gasteiger partial charge on any atom is -0.493 e. The van der Waals surface area contributed by atoms with Crippen LogP contribution in [0.3, 0.4) is 0 Å². The Labute approximate surface area is 135 Å².